The van der Waals surface area contributed by atoms with E-state index in [1.165, 1.54) is 6.39 Å². The maximum Gasteiger partial charge on any atom is 0.229 e. The molecule has 2 heterocycles. The molecular weight excluding hydrogens is 270 g/mol. The van der Waals surface area contributed by atoms with Crippen LogP contribution in [0.3, 0.4) is 0 Å². The van der Waals surface area contributed by atoms with Crippen molar-refractivity contribution in [3.63, 3.8) is 0 Å². The second-order valence-corrected chi connectivity index (χ2v) is 4.98. The normalized spacial score (nSPS) is 18.1. The van der Waals surface area contributed by atoms with E-state index >= 15 is 0 Å². The Kier molecular flexibility index (Phi) is 3.68. The average molecular weight is 285 g/mol. The van der Waals surface area contributed by atoms with Gasteiger partial charge >= 0.3 is 0 Å². The Balaban J connectivity index is 1.69. The van der Waals surface area contributed by atoms with Gasteiger partial charge in [0.2, 0.25) is 11.8 Å². The first-order chi connectivity index (χ1) is 10.2. The maximum absolute atomic E-state index is 12.2. The quantitative estimate of drug-likeness (QED) is 0.900. The minimum Gasteiger partial charge on any atom is -0.444 e. The summed E-state index contributed by atoms with van der Waals surface area (Å²) in [4.78, 5) is 27.2. The van der Waals surface area contributed by atoms with Gasteiger partial charge in [-0.15, -0.1) is 0 Å². The summed E-state index contributed by atoms with van der Waals surface area (Å²) in [5.74, 6) is 0.392. The van der Waals surface area contributed by atoms with Crippen LogP contribution >= 0.6 is 0 Å². The lowest BCUT2D eigenvalue weighted by Gasteiger charge is -2.21. The molecule has 6 heteroatoms. The first-order valence-corrected chi connectivity index (χ1v) is 6.79. The number of hydrogen-bond donors (Lipinski definition) is 2. The van der Waals surface area contributed by atoms with E-state index in [4.69, 9.17) is 4.42 Å². The second kappa shape index (κ2) is 5.78. The third-order valence-corrected chi connectivity index (χ3v) is 3.48. The van der Waals surface area contributed by atoms with Crippen molar-refractivity contribution in [2.45, 2.75) is 12.8 Å². The number of anilines is 1. The Morgan fingerprint density at radius 2 is 2.33 bits per heavy atom. The van der Waals surface area contributed by atoms with Crippen LogP contribution in [-0.2, 0) is 9.59 Å². The molecule has 0 bridgehead atoms. The van der Waals surface area contributed by atoms with Crippen molar-refractivity contribution >= 4 is 17.5 Å². The molecule has 1 aliphatic heterocycles. The van der Waals surface area contributed by atoms with Crippen molar-refractivity contribution in [2.75, 3.05) is 11.9 Å². The van der Waals surface area contributed by atoms with Crippen LogP contribution in [0.2, 0.25) is 0 Å². The number of amides is 2. The Morgan fingerprint density at radius 1 is 1.43 bits per heavy atom. The molecule has 2 N–H and O–H groups in total. The minimum absolute atomic E-state index is 0.00590. The number of oxazole rings is 1. The van der Waals surface area contributed by atoms with Gasteiger partial charge in [0.1, 0.15) is 0 Å². The van der Waals surface area contributed by atoms with Crippen LogP contribution in [0, 0.1) is 5.92 Å². The lowest BCUT2D eigenvalue weighted by Crippen LogP contribution is -2.40. The fraction of sp³-hybridized carbons (Fsp3) is 0.267. The van der Waals surface area contributed by atoms with Gasteiger partial charge in [-0.3, -0.25) is 9.59 Å². The van der Waals surface area contributed by atoms with E-state index in [2.05, 4.69) is 15.6 Å². The van der Waals surface area contributed by atoms with E-state index in [9.17, 15) is 9.59 Å². The Bertz CT molecular complexity index is 642. The molecule has 1 saturated heterocycles. The largest absolute Gasteiger partial charge is 0.444 e. The molecule has 1 aromatic heterocycles. The monoisotopic (exact) mass is 285 g/mol. The summed E-state index contributed by atoms with van der Waals surface area (Å²) in [5.41, 5.74) is 1.55. The lowest BCUT2D eigenvalue weighted by molar-refractivity contribution is -0.126. The van der Waals surface area contributed by atoms with Crippen LogP contribution in [0.15, 0.2) is 41.3 Å². The van der Waals surface area contributed by atoms with Crippen molar-refractivity contribution in [1.29, 1.82) is 0 Å². The maximum atomic E-state index is 12.2. The van der Waals surface area contributed by atoms with Crippen molar-refractivity contribution in [3.8, 4) is 11.3 Å². The molecule has 0 saturated carbocycles. The van der Waals surface area contributed by atoms with Gasteiger partial charge in [0.25, 0.3) is 0 Å². The number of carbonyl (C=O) groups excluding carboxylic acids is 2. The van der Waals surface area contributed by atoms with Crippen LogP contribution in [0.5, 0.6) is 0 Å². The summed E-state index contributed by atoms with van der Waals surface area (Å²) in [6, 6.07) is 7.38. The van der Waals surface area contributed by atoms with Crippen LogP contribution in [-0.4, -0.2) is 23.3 Å². The highest BCUT2D eigenvalue weighted by Crippen LogP contribution is 2.23. The molecule has 108 valence electrons. The Hall–Kier alpha value is -2.63. The predicted octanol–water partition coefficient (Wildman–Crippen LogP) is 1.81. The number of benzene rings is 1. The van der Waals surface area contributed by atoms with Crippen molar-refractivity contribution in [1.82, 2.24) is 10.3 Å². The highest BCUT2D eigenvalue weighted by atomic mass is 16.3. The van der Waals surface area contributed by atoms with Crippen LogP contribution in [0.4, 0.5) is 5.69 Å². The fourth-order valence-electron chi connectivity index (χ4n) is 2.31. The molecule has 6 nitrogen and oxygen atoms in total. The zero-order chi connectivity index (χ0) is 14.7. The Morgan fingerprint density at radius 3 is 3.05 bits per heavy atom. The molecular formula is C15H15N3O3. The molecule has 1 aliphatic rings. The highest BCUT2D eigenvalue weighted by Gasteiger charge is 2.24. The fourth-order valence-corrected chi connectivity index (χ4v) is 2.31. The second-order valence-electron chi connectivity index (χ2n) is 4.98. The summed E-state index contributed by atoms with van der Waals surface area (Å²) >= 11 is 0. The van der Waals surface area contributed by atoms with Gasteiger partial charge < -0.3 is 15.1 Å². The molecule has 0 radical (unpaired) electrons. The molecule has 2 amide bonds. The third kappa shape index (κ3) is 3.10. The molecule has 3 rings (SSSR count). The van der Waals surface area contributed by atoms with E-state index in [0.29, 0.717) is 30.8 Å². The van der Waals surface area contributed by atoms with Crippen LogP contribution in [0.1, 0.15) is 12.8 Å². The SMILES string of the molecule is O=C1CCC(C(=O)Nc2cccc(-c3cnco3)c2)CN1. The van der Waals surface area contributed by atoms with E-state index in [1.54, 1.807) is 6.20 Å². The van der Waals surface area contributed by atoms with Gasteiger partial charge in [-0.05, 0) is 18.6 Å². The zero-order valence-corrected chi connectivity index (χ0v) is 11.3. The lowest BCUT2D eigenvalue weighted by atomic mass is 9.98. The first kappa shape index (κ1) is 13.4. The smallest absolute Gasteiger partial charge is 0.229 e. The summed E-state index contributed by atoms with van der Waals surface area (Å²) in [6.07, 6.45) is 3.97. The van der Waals surface area contributed by atoms with E-state index < -0.39 is 0 Å². The van der Waals surface area contributed by atoms with E-state index in [1.807, 2.05) is 24.3 Å². The Labute approximate surface area is 121 Å². The first-order valence-electron chi connectivity index (χ1n) is 6.79. The molecule has 1 unspecified atom stereocenters. The van der Waals surface area contributed by atoms with E-state index in [0.717, 1.165) is 5.56 Å². The molecule has 1 atom stereocenters. The summed E-state index contributed by atoms with van der Waals surface area (Å²) < 4.78 is 5.24. The van der Waals surface area contributed by atoms with Gasteiger partial charge in [-0.2, -0.15) is 0 Å². The van der Waals surface area contributed by atoms with Crippen LogP contribution < -0.4 is 10.6 Å². The minimum atomic E-state index is -0.184. The number of hydrogen-bond acceptors (Lipinski definition) is 4. The molecule has 1 fully saturated rings. The van der Waals surface area contributed by atoms with Crippen molar-refractivity contribution in [3.05, 3.63) is 36.9 Å². The number of nitrogens with one attached hydrogen (secondary N) is 2. The topological polar surface area (TPSA) is 84.2 Å². The molecule has 0 spiro atoms. The summed E-state index contributed by atoms with van der Waals surface area (Å²) in [6.45, 7) is 0.395. The standard InChI is InChI=1S/C15H15N3O3/c19-14-5-4-11(7-17-14)15(20)18-12-3-1-2-10(6-12)13-8-16-9-21-13/h1-3,6,8-9,11H,4-5,7H2,(H,17,19)(H,18,20). The predicted molar refractivity (Wildman–Crippen MR) is 76.3 cm³/mol. The number of nitrogens with zero attached hydrogens (tertiary/aromatic N) is 1. The summed E-state index contributed by atoms with van der Waals surface area (Å²) in [5, 5.41) is 5.59. The van der Waals surface area contributed by atoms with Crippen molar-refractivity contribution < 1.29 is 14.0 Å². The number of aromatic nitrogens is 1. The van der Waals surface area contributed by atoms with Gasteiger partial charge in [0.05, 0.1) is 12.1 Å². The molecule has 21 heavy (non-hydrogen) atoms. The third-order valence-electron chi connectivity index (χ3n) is 3.48. The average Bonchev–Trinajstić information content (AvgIpc) is 3.02. The van der Waals surface area contributed by atoms with Gasteiger partial charge in [0.15, 0.2) is 12.2 Å². The van der Waals surface area contributed by atoms with Crippen molar-refractivity contribution in [2.24, 2.45) is 5.92 Å². The van der Waals surface area contributed by atoms with Gasteiger partial charge in [-0.1, -0.05) is 12.1 Å². The zero-order valence-electron chi connectivity index (χ0n) is 11.3. The number of carbonyl (C=O) groups is 2. The van der Waals surface area contributed by atoms with Gasteiger partial charge in [-0.25, -0.2) is 4.98 Å². The van der Waals surface area contributed by atoms with Gasteiger partial charge in [0, 0.05) is 24.2 Å². The van der Waals surface area contributed by atoms with E-state index in [-0.39, 0.29) is 17.7 Å². The van der Waals surface area contributed by atoms with Crippen LogP contribution in [0.25, 0.3) is 11.3 Å². The number of piperidine rings is 1. The summed E-state index contributed by atoms with van der Waals surface area (Å²) in [7, 11) is 0. The molecule has 2 aromatic rings. The number of rotatable bonds is 3. The highest BCUT2D eigenvalue weighted by molar-refractivity contribution is 5.94. The molecule has 0 aliphatic carbocycles. The molecule has 1 aromatic carbocycles.